The molecule has 1 unspecified atom stereocenters. The standard InChI is InChI=1S/C17H22N4O3/c1-20(12-8-9-18-10-12)16(23)6-7-17(24)21-11-15(22)19-13-4-2-3-5-14(13)21/h2-5,12,18H,6-11H2,1H3,(H,19,22). The van der Waals surface area contributed by atoms with Gasteiger partial charge in [0.1, 0.15) is 6.54 Å². The molecule has 2 aliphatic rings. The number of carbonyl (C=O) groups is 3. The number of hydrogen-bond acceptors (Lipinski definition) is 4. The largest absolute Gasteiger partial charge is 0.341 e. The molecule has 1 atom stereocenters. The number of amides is 3. The van der Waals surface area contributed by atoms with Gasteiger partial charge in [0, 0.05) is 32.5 Å². The highest BCUT2D eigenvalue weighted by Crippen LogP contribution is 2.29. The maximum atomic E-state index is 12.5. The Hall–Kier alpha value is -2.41. The first kappa shape index (κ1) is 16.4. The molecular formula is C17H22N4O3. The summed E-state index contributed by atoms with van der Waals surface area (Å²) in [5.41, 5.74) is 1.31. The Balaban J connectivity index is 1.61. The fourth-order valence-electron chi connectivity index (χ4n) is 3.15. The van der Waals surface area contributed by atoms with Crippen molar-refractivity contribution in [2.45, 2.75) is 25.3 Å². The lowest BCUT2D eigenvalue weighted by Crippen LogP contribution is -2.43. The molecule has 3 rings (SSSR count). The molecule has 0 saturated carbocycles. The molecule has 1 saturated heterocycles. The fourth-order valence-corrected chi connectivity index (χ4v) is 3.15. The third-order valence-electron chi connectivity index (χ3n) is 4.60. The van der Waals surface area contributed by atoms with E-state index in [0.717, 1.165) is 19.5 Å². The van der Waals surface area contributed by atoms with E-state index < -0.39 is 0 Å². The van der Waals surface area contributed by atoms with Crippen molar-refractivity contribution >= 4 is 29.1 Å². The molecule has 3 amide bonds. The van der Waals surface area contributed by atoms with E-state index in [1.807, 2.05) is 6.07 Å². The van der Waals surface area contributed by atoms with Crippen molar-refractivity contribution in [3.63, 3.8) is 0 Å². The van der Waals surface area contributed by atoms with Crippen LogP contribution in [0.4, 0.5) is 11.4 Å². The van der Waals surface area contributed by atoms with Gasteiger partial charge in [0.25, 0.3) is 0 Å². The zero-order valence-electron chi connectivity index (χ0n) is 13.7. The Morgan fingerprint density at radius 1 is 1.29 bits per heavy atom. The molecular weight excluding hydrogens is 308 g/mol. The summed E-state index contributed by atoms with van der Waals surface area (Å²) in [6.07, 6.45) is 1.20. The quantitative estimate of drug-likeness (QED) is 0.846. The molecule has 1 fully saturated rings. The molecule has 0 bridgehead atoms. The van der Waals surface area contributed by atoms with Crippen molar-refractivity contribution in [2.24, 2.45) is 0 Å². The van der Waals surface area contributed by atoms with Crippen LogP contribution in [0.25, 0.3) is 0 Å². The van der Waals surface area contributed by atoms with E-state index in [1.54, 1.807) is 30.1 Å². The van der Waals surface area contributed by atoms with Crippen LogP contribution in [0, 0.1) is 0 Å². The number of hydrogen-bond donors (Lipinski definition) is 2. The number of likely N-dealkylation sites (N-methyl/N-ethyl adjacent to an activating group) is 1. The van der Waals surface area contributed by atoms with Crippen LogP contribution in [-0.2, 0) is 14.4 Å². The average Bonchev–Trinajstić information content (AvgIpc) is 3.12. The van der Waals surface area contributed by atoms with E-state index in [9.17, 15) is 14.4 Å². The van der Waals surface area contributed by atoms with Gasteiger partial charge in [0.05, 0.1) is 11.4 Å². The zero-order chi connectivity index (χ0) is 17.1. The minimum atomic E-state index is -0.220. The third kappa shape index (κ3) is 3.41. The summed E-state index contributed by atoms with van der Waals surface area (Å²) in [7, 11) is 1.79. The molecule has 2 N–H and O–H groups in total. The molecule has 7 nitrogen and oxygen atoms in total. The second kappa shape index (κ2) is 7.00. The van der Waals surface area contributed by atoms with E-state index in [0.29, 0.717) is 11.4 Å². The Bertz CT molecular complexity index is 655. The summed E-state index contributed by atoms with van der Waals surface area (Å²) < 4.78 is 0. The summed E-state index contributed by atoms with van der Waals surface area (Å²) in [5, 5.41) is 5.98. The second-order valence-electron chi connectivity index (χ2n) is 6.20. The monoisotopic (exact) mass is 330 g/mol. The number of carbonyl (C=O) groups excluding carboxylic acids is 3. The summed E-state index contributed by atoms with van der Waals surface area (Å²) in [4.78, 5) is 39.7. The predicted molar refractivity (Wildman–Crippen MR) is 90.7 cm³/mol. The van der Waals surface area contributed by atoms with Crippen LogP contribution in [-0.4, -0.2) is 55.3 Å². The van der Waals surface area contributed by atoms with Gasteiger partial charge >= 0.3 is 0 Å². The van der Waals surface area contributed by atoms with E-state index >= 15 is 0 Å². The van der Waals surface area contributed by atoms with Crippen LogP contribution in [0.15, 0.2) is 24.3 Å². The molecule has 24 heavy (non-hydrogen) atoms. The van der Waals surface area contributed by atoms with Crippen LogP contribution >= 0.6 is 0 Å². The number of nitrogens with zero attached hydrogens (tertiary/aromatic N) is 2. The van der Waals surface area contributed by atoms with Crippen molar-refractivity contribution < 1.29 is 14.4 Å². The summed E-state index contributed by atoms with van der Waals surface area (Å²) >= 11 is 0. The number of fused-ring (bicyclic) bond motifs is 1. The van der Waals surface area contributed by atoms with Crippen LogP contribution in [0.1, 0.15) is 19.3 Å². The summed E-state index contributed by atoms with van der Waals surface area (Å²) in [6, 6.07) is 7.39. The lowest BCUT2D eigenvalue weighted by molar-refractivity contribution is -0.133. The highest BCUT2D eigenvalue weighted by atomic mass is 16.2. The van der Waals surface area contributed by atoms with Gasteiger partial charge in [-0.2, -0.15) is 0 Å². The highest BCUT2D eigenvalue weighted by molar-refractivity contribution is 6.10. The molecule has 0 aromatic heterocycles. The lowest BCUT2D eigenvalue weighted by atomic mass is 10.1. The highest BCUT2D eigenvalue weighted by Gasteiger charge is 2.28. The van der Waals surface area contributed by atoms with Crippen LogP contribution in [0.3, 0.4) is 0 Å². The molecule has 0 radical (unpaired) electrons. The maximum absolute atomic E-state index is 12.5. The minimum absolute atomic E-state index is 0.00752. The number of para-hydroxylation sites is 2. The molecule has 2 aliphatic heterocycles. The van der Waals surface area contributed by atoms with Gasteiger partial charge in [-0.3, -0.25) is 14.4 Å². The van der Waals surface area contributed by atoms with Crippen molar-refractivity contribution in [3.8, 4) is 0 Å². The van der Waals surface area contributed by atoms with Crippen LogP contribution in [0.5, 0.6) is 0 Å². The topological polar surface area (TPSA) is 81.8 Å². The maximum Gasteiger partial charge on any atom is 0.244 e. The van der Waals surface area contributed by atoms with Gasteiger partial charge in [0.15, 0.2) is 0 Å². The van der Waals surface area contributed by atoms with Gasteiger partial charge in [0.2, 0.25) is 17.7 Å². The normalized spacial score (nSPS) is 19.6. The molecule has 7 heteroatoms. The lowest BCUT2D eigenvalue weighted by Gasteiger charge is -2.29. The van der Waals surface area contributed by atoms with Crippen molar-refractivity contribution in [1.82, 2.24) is 10.2 Å². The smallest absolute Gasteiger partial charge is 0.244 e. The molecule has 128 valence electrons. The van der Waals surface area contributed by atoms with Gasteiger partial charge in [-0.15, -0.1) is 0 Å². The van der Waals surface area contributed by atoms with Gasteiger partial charge in [-0.25, -0.2) is 0 Å². The first-order valence-electron chi connectivity index (χ1n) is 8.22. The second-order valence-corrected chi connectivity index (χ2v) is 6.20. The van der Waals surface area contributed by atoms with Gasteiger partial charge < -0.3 is 20.4 Å². The molecule has 0 spiro atoms. The van der Waals surface area contributed by atoms with Crippen LogP contribution < -0.4 is 15.5 Å². The minimum Gasteiger partial charge on any atom is -0.341 e. The average molecular weight is 330 g/mol. The van der Waals surface area contributed by atoms with Crippen LogP contribution in [0.2, 0.25) is 0 Å². The Morgan fingerprint density at radius 2 is 2.08 bits per heavy atom. The molecule has 0 aliphatic carbocycles. The first-order chi connectivity index (χ1) is 11.6. The Labute approximate surface area is 141 Å². The van der Waals surface area contributed by atoms with E-state index in [2.05, 4.69) is 10.6 Å². The van der Waals surface area contributed by atoms with Gasteiger partial charge in [-0.05, 0) is 25.1 Å². The van der Waals surface area contributed by atoms with E-state index in [1.165, 1.54) is 4.90 Å². The molecule has 1 aromatic rings. The van der Waals surface area contributed by atoms with E-state index in [-0.39, 0.29) is 43.1 Å². The Morgan fingerprint density at radius 3 is 2.83 bits per heavy atom. The van der Waals surface area contributed by atoms with Crippen molar-refractivity contribution in [1.29, 1.82) is 0 Å². The SMILES string of the molecule is CN(C(=O)CCC(=O)N1CC(=O)Nc2ccccc21)C1CCNC1. The van der Waals surface area contributed by atoms with Gasteiger partial charge in [-0.1, -0.05) is 12.1 Å². The number of benzene rings is 1. The third-order valence-corrected chi connectivity index (χ3v) is 4.60. The summed E-state index contributed by atoms with van der Waals surface area (Å²) in [6.45, 7) is 1.71. The van der Waals surface area contributed by atoms with E-state index in [4.69, 9.17) is 0 Å². The number of anilines is 2. The predicted octanol–water partition coefficient (Wildman–Crippen LogP) is 0.572. The summed E-state index contributed by atoms with van der Waals surface area (Å²) in [5.74, 6) is -0.460. The molecule has 1 aromatic carbocycles. The van der Waals surface area contributed by atoms with Crippen molar-refractivity contribution in [2.75, 3.05) is 36.9 Å². The first-order valence-corrected chi connectivity index (χ1v) is 8.22. The Kier molecular flexibility index (Phi) is 4.80. The fraction of sp³-hybridized carbons (Fsp3) is 0.471. The molecule has 2 heterocycles. The zero-order valence-corrected chi connectivity index (χ0v) is 13.7. The van der Waals surface area contributed by atoms with Crippen molar-refractivity contribution in [3.05, 3.63) is 24.3 Å². The number of rotatable bonds is 4. The number of nitrogens with one attached hydrogen (secondary N) is 2.